The Kier molecular flexibility index (Phi) is 17.2. The first-order chi connectivity index (χ1) is 10.3. The fourth-order valence-electron chi connectivity index (χ4n) is 2.30. The van der Waals surface area contributed by atoms with Gasteiger partial charge in [-0.05, 0) is 12.8 Å². The van der Waals surface area contributed by atoms with Gasteiger partial charge in [-0.1, -0.05) is 77.2 Å². The van der Waals surface area contributed by atoms with E-state index in [1.54, 1.807) is 6.08 Å². The van der Waals surface area contributed by atoms with Gasteiger partial charge in [-0.25, -0.2) is 4.79 Å². The quantitative estimate of drug-likeness (QED) is 0.181. The molecule has 2 nitrogen and oxygen atoms in total. The van der Waals surface area contributed by atoms with Crippen LogP contribution in [0.4, 0.5) is 0 Å². The first-order valence-electron chi connectivity index (χ1n) is 8.75. The van der Waals surface area contributed by atoms with Crippen LogP contribution in [0, 0.1) is 0 Å². The SMILES string of the molecule is CCCCCCCCCCCCC/C=C/C(=O)OCCS. The summed E-state index contributed by atoms with van der Waals surface area (Å²) in [6.45, 7) is 2.66. The third-order valence-electron chi connectivity index (χ3n) is 3.56. The van der Waals surface area contributed by atoms with E-state index in [0.717, 1.165) is 6.42 Å². The van der Waals surface area contributed by atoms with E-state index in [0.29, 0.717) is 12.4 Å². The highest BCUT2D eigenvalue weighted by molar-refractivity contribution is 7.80. The van der Waals surface area contributed by atoms with Crippen molar-refractivity contribution < 1.29 is 9.53 Å². The molecule has 0 saturated heterocycles. The van der Waals surface area contributed by atoms with Crippen molar-refractivity contribution in [2.45, 2.75) is 84.0 Å². The van der Waals surface area contributed by atoms with Gasteiger partial charge in [0.2, 0.25) is 0 Å². The summed E-state index contributed by atoms with van der Waals surface area (Å²) >= 11 is 3.99. The molecule has 0 rings (SSSR count). The predicted octanol–water partition coefficient (Wildman–Crippen LogP) is 5.72. The highest BCUT2D eigenvalue weighted by atomic mass is 32.1. The Bertz CT molecular complexity index is 252. The maximum Gasteiger partial charge on any atom is 0.330 e. The molecule has 0 amide bonds. The van der Waals surface area contributed by atoms with Crippen molar-refractivity contribution in [3.05, 3.63) is 12.2 Å². The smallest absolute Gasteiger partial charge is 0.330 e. The lowest BCUT2D eigenvalue weighted by molar-refractivity contribution is -0.137. The van der Waals surface area contributed by atoms with Crippen LogP contribution in [-0.4, -0.2) is 18.3 Å². The molecule has 0 heterocycles. The largest absolute Gasteiger partial charge is 0.462 e. The Morgan fingerprint density at radius 3 is 1.95 bits per heavy atom. The molecule has 21 heavy (non-hydrogen) atoms. The first-order valence-corrected chi connectivity index (χ1v) is 9.38. The summed E-state index contributed by atoms with van der Waals surface area (Å²) in [5, 5.41) is 0. The molecule has 0 unspecified atom stereocenters. The second kappa shape index (κ2) is 17.6. The van der Waals surface area contributed by atoms with Crippen LogP contribution in [0.15, 0.2) is 12.2 Å². The monoisotopic (exact) mass is 314 g/mol. The summed E-state index contributed by atoms with van der Waals surface area (Å²) in [5.74, 6) is 0.338. The minimum absolute atomic E-state index is 0.243. The highest BCUT2D eigenvalue weighted by Crippen LogP contribution is 2.11. The Hall–Kier alpha value is -0.440. The number of unbranched alkanes of at least 4 members (excludes halogenated alkanes) is 11. The summed E-state index contributed by atoms with van der Waals surface area (Å²) in [5.41, 5.74) is 0. The molecule has 0 radical (unpaired) electrons. The minimum atomic E-state index is -0.243. The number of ether oxygens (including phenoxy) is 1. The van der Waals surface area contributed by atoms with Crippen molar-refractivity contribution in [2.75, 3.05) is 12.4 Å². The number of carbonyl (C=O) groups excluding carboxylic acids is 1. The van der Waals surface area contributed by atoms with E-state index in [1.165, 1.54) is 70.6 Å². The van der Waals surface area contributed by atoms with Crippen molar-refractivity contribution in [1.29, 1.82) is 0 Å². The van der Waals surface area contributed by atoms with Crippen LogP contribution < -0.4 is 0 Å². The molecule has 0 aromatic carbocycles. The van der Waals surface area contributed by atoms with E-state index in [4.69, 9.17) is 4.74 Å². The zero-order chi connectivity index (χ0) is 15.6. The average molecular weight is 315 g/mol. The van der Waals surface area contributed by atoms with E-state index < -0.39 is 0 Å². The number of rotatable bonds is 15. The summed E-state index contributed by atoms with van der Waals surface area (Å²) in [7, 11) is 0. The molecule has 0 aliphatic carbocycles. The summed E-state index contributed by atoms with van der Waals surface area (Å²) in [4.78, 5) is 11.2. The highest BCUT2D eigenvalue weighted by Gasteiger charge is 1.95. The maximum atomic E-state index is 11.2. The molecule has 0 bridgehead atoms. The number of hydrogen-bond donors (Lipinski definition) is 1. The number of allylic oxidation sites excluding steroid dienone is 1. The van der Waals surface area contributed by atoms with Gasteiger partial charge in [0.05, 0.1) is 0 Å². The number of esters is 1. The Morgan fingerprint density at radius 2 is 1.43 bits per heavy atom. The standard InChI is InChI=1S/C18H34O2S/c1-2-3-4-5-6-7-8-9-10-11-12-13-14-15-18(19)20-16-17-21/h14-15,21H,2-13,16-17H2,1H3/b15-14+. The summed E-state index contributed by atoms with van der Waals surface area (Å²) in [6, 6.07) is 0. The Labute approximate surface area is 137 Å². The first kappa shape index (κ1) is 20.6. The molecule has 0 aromatic rings. The van der Waals surface area contributed by atoms with Gasteiger partial charge >= 0.3 is 5.97 Å². The van der Waals surface area contributed by atoms with E-state index in [2.05, 4.69) is 19.6 Å². The fraction of sp³-hybridized carbons (Fsp3) is 0.833. The molecular formula is C18H34O2S. The van der Waals surface area contributed by atoms with Crippen LogP contribution in [0.25, 0.3) is 0 Å². The van der Waals surface area contributed by atoms with Crippen molar-refractivity contribution in [3.63, 3.8) is 0 Å². The van der Waals surface area contributed by atoms with Gasteiger partial charge in [0.25, 0.3) is 0 Å². The number of carbonyl (C=O) groups is 1. The second-order valence-corrected chi connectivity index (χ2v) is 6.06. The molecule has 124 valence electrons. The summed E-state index contributed by atoms with van der Waals surface area (Å²) in [6.07, 6.45) is 19.3. The van der Waals surface area contributed by atoms with E-state index >= 15 is 0 Å². The third-order valence-corrected chi connectivity index (χ3v) is 3.75. The third kappa shape index (κ3) is 17.5. The lowest BCUT2D eigenvalue weighted by Gasteiger charge is -2.01. The molecule has 0 saturated carbocycles. The second-order valence-electron chi connectivity index (χ2n) is 5.62. The number of hydrogen-bond acceptors (Lipinski definition) is 3. The number of thiol groups is 1. The van der Waals surface area contributed by atoms with Crippen molar-refractivity contribution >= 4 is 18.6 Å². The molecule has 0 aromatic heterocycles. The molecule has 0 fully saturated rings. The normalized spacial score (nSPS) is 11.1. The lowest BCUT2D eigenvalue weighted by Crippen LogP contribution is -2.02. The molecule has 0 aliphatic heterocycles. The molecule has 0 aliphatic rings. The van der Waals surface area contributed by atoms with E-state index in [1.807, 2.05) is 6.08 Å². The molecule has 0 N–H and O–H groups in total. The fourth-order valence-corrected chi connectivity index (χ4v) is 2.39. The molecule has 3 heteroatoms. The average Bonchev–Trinajstić information content (AvgIpc) is 2.49. The predicted molar refractivity (Wildman–Crippen MR) is 95.0 cm³/mol. The van der Waals surface area contributed by atoms with Crippen LogP contribution in [-0.2, 0) is 9.53 Å². The molecule has 0 spiro atoms. The van der Waals surface area contributed by atoms with Crippen LogP contribution >= 0.6 is 12.6 Å². The van der Waals surface area contributed by atoms with Gasteiger partial charge in [0.15, 0.2) is 0 Å². The van der Waals surface area contributed by atoms with Crippen molar-refractivity contribution in [2.24, 2.45) is 0 Å². The van der Waals surface area contributed by atoms with Gasteiger partial charge in [-0.3, -0.25) is 0 Å². The maximum absolute atomic E-state index is 11.2. The minimum Gasteiger partial charge on any atom is -0.462 e. The lowest BCUT2D eigenvalue weighted by atomic mass is 10.1. The van der Waals surface area contributed by atoms with Crippen molar-refractivity contribution in [1.82, 2.24) is 0 Å². The topological polar surface area (TPSA) is 26.3 Å². The van der Waals surface area contributed by atoms with Crippen LogP contribution in [0.2, 0.25) is 0 Å². The van der Waals surface area contributed by atoms with E-state index in [-0.39, 0.29) is 5.97 Å². The zero-order valence-corrected chi connectivity index (χ0v) is 14.7. The zero-order valence-electron chi connectivity index (χ0n) is 13.8. The van der Waals surface area contributed by atoms with Crippen LogP contribution in [0.3, 0.4) is 0 Å². The van der Waals surface area contributed by atoms with Gasteiger partial charge in [0, 0.05) is 11.8 Å². The summed E-state index contributed by atoms with van der Waals surface area (Å²) < 4.78 is 4.90. The Balaban J connectivity index is 3.15. The van der Waals surface area contributed by atoms with E-state index in [9.17, 15) is 4.79 Å². The van der Waals surface area contributed by atoms with Gasteiger partial charge in [-0.15, -0.1) is 0 Å². The van der Waals surface area contributed by atoms with Gasteiger partial charge < -0.3 is 4.74 Å². The van der Waals surface area contributed by atoms with Crippen molar-refractivity contribution in [3.8, 4) is 0 Å². The van der Waals surface area contributed by atoms with Crippen LogP contribution in [0.1, 0.15) is 84.0 Å². The molecule has 0 atom stereocenters. The van der Waals surface area contributed by atoms with Gasteiger partial charge in [-0.2, -0.15) is 12.6 Å². The molecular weight excluding hydrogens is 280 g/mol. The Morgan fingerprint density at radius 1 is 0.905 bits per heavy atom. The van der Waals surface area contributed by atoms with Gasteiger partial charge in [0.1, 0.15) is 6.61 Å². The van der Waals surface area contributed by atoms with Crippen LogP contribution in [0.5, 0.6) is 0 Å².